The van der Waals surface area contributed by atoms with Gasteiger partial charge in [0.15, 0.2) is 0 Å². The Labute approximate surface area is 234 Å². The molecule has 0 bridgehead atoms. The summed E-state index contributed by atoms with van der Waals surface area (Å²) in [5, 5.41) is 0. The smallest absolute Gasteiger partial charge is 0.254 e. The molecule has 1 saturated carbocycles. The Morgan fingerprint density at radius 2 is 1.71 bits per heavy atom. The van der Waals surface area contributed by atoms with Gasteiger partial charge in [-0.2, -0.15) is 0 Å². The van der Waals surface area contributed by atoms with Gasteiger partial charge in [0.2, 0.25) is 5.91 Å². The van der Waals surface area contributed by atoms with E-state index in [-0.39, 0.29) is 24.4 Å². The van der Waals surface area contributed by atoms with Gasteiger partial charge in [-0.25, -0.2) is 0 Å². The van der Waals surface area contributed by atoms with Crippen molar-refractivity contribution in [1.29, 1.82) is 0 Å². The fourth-order valence-corrected chi connectivity index (χ4v) is 5.46. The van der Waals surface area contributed by atoms with Crippen molar-refractivity contribution >= 4 is 27.7 Å². The molecule has 1 fully saturated rings. The van der Waals surface area contributed by atoms with Gasteiger partial charge in [0, 0.05) is 54.8 Å². The lowest BCUT2D eigenvalue weighted by atomic mass is 9.94. The quantitative estimate of drug-likeness (QED) is 0.242. The number of nitrogens with zero attached hydrogens (tertiary/aromatic N) is 3. The van der Waals surface area contributed by atoms with Crippen LogP contribution in [-0.2, 0) is 22.6 Å². The molecule has 3 aromatic rings. The molecule has 0 N–H and O–H groups in total. The van der Waals surface area contributed by atoms with Crippen LogP contribution in [0.25, 0.3) is 0 Å². The Hall–Kier alpha value is -2.90. The number of hydrogen-bond acceptors (Lipinski definition) is 3. The average Bonchev–Trinajstić information content (AvgIpc) is 3.38. The van der Waals surface area contributed by atoms with Crippen molar-refractivity contribution in [3.8, 4) is 0 Å². The van der Waals surface area contributed by atoms with Crippen LogP contribution in [0.4, 0.5) is 0 Å². The van der Waals surface area contributed by atoms with E-state index < -0.39 is 0 Å². The fourth-order valence-electron chi connectivity index (χ4n) is 5.20. The average molecular weight is 581 g/mol. The molecular formula is C31H38BrN3O3. The lowest BCUT2D eigenvalue weighted by Gasteiger charge is -2.36. The van der Waals surface area contributed by atoms with Crippen molar-refractivity contribution in [2.45, 2.75) is 57.7 Å². The second-order valence-electron chi connectivity index (χ2n) is 10.0. The van der Waals surface area contributed by atoms with Crippen LogP contribution in [0.5, 0.6) is 0 Å². The summed E-state index contributed by atoms with van der Waals surface area (Å²) in [5.74, 6) is -0.120. The molecule has 0 aliphatic heterocycles. The van der Waals surface area contributed by atoms with Crippen molar-refractivity contribution in [2.24, 2.45) is 0 Å². The van der Waals surface area contributed by atoms with Gasteiger partial charge in [-0.3, -0.25) is 9.59 Å². The second-order valence-corrected chi connectivity index (χ2v) is 10.9. The van der Waals surface area contributed by atoms with Crippen LogP contribution in [0.15, 0.2) is 77.4 Å². The van der Waals surface area contributed by atoms with Gasteiger partial charge in [-0.05, 0) is 61.2 Å². The van der Waals surface area contributed by atoms with E-state index in [9.17, 15) is 9.59 Å². The lowest BCUT2D eigenvalue weighted by molar-refractivity contribution is -0.135. The van der Waals surface area contributed by atoms with Crippen molar-refractivity contribution in [3.05, 3.63) is 94.2 Å². The number of carbonyl (C=O) groups is 2. The summed E-state index contributed by atoms with van der Waals surface area (Å²) in [6.07, 6.45) is 8.26. The van der Waals surface area contributed by atoms with E-state index in [1.807, 2.05) is 23.1 Å². The van der Waals surface area contributed by atoms with E-state index in [2.05, 4.69) is 63.1 Å². The molecule has 1 heterocycles. The molecule has 1 aliphatic carbocycles. The SMILES string of the molecule is COCCCN(CC(=O)N(Cc1cccn1Cc1ccccc1)C1CCCCC1)C(=O)c1ccc(Br)cc1. The zero-order valence-corrected chi connectivity index (χ0v) is 23.8. The number of aromatic nitrogens is 1. The number of carbonyl (C=O) groups excluding carboxylic acids is 2. The van der Waals surface area contributed by atoms with E-state index in [0.29, 0.717) is 31.7 Å². The van der Waals surface area contributed by atoms with Crippen molar-refractivity contribution < 1.29 is 14.3 Å². The third-order valence-electron chi connectivity index (χ3n) is 7.27. The zero-order chi connectivity index (χ0) is 26.7. The summed E-state index contributed by atoms with van der Waals surface area (Å²) in [6, 6.07) is 22.1. The van der Waals surface area contributed by atoms with Crippen LogP contribution in [0.2, 0.25) is 0 Å². The Morgan fingerprint density at radius 3 is 2.42 bits per heavy atom. The highest BCUT2D eigenvalue weighted by Crippen LogP contribution is 2.25. The molecule has 0 unspecified atom stereocenters. The molecule has 7 heteroatoms. The molecule has 0 saturated heterocycles. The number of benzene rings is 2. The Bertz CT molecular complexity index is 1160. The number of halogens is 1. The number of amides is 2. The van der Waals surface area contributed by atoms with Crippen LogP contribution in [0.1, 0.15) is 60.1 Å². The van der Waals surface area contributed by atoms with Gasteiger partial charge in [-0.15, -0.1) is 0 Å². The maximum Gasteiger partial charge on any atom is 0.254 e. The molecule has 0 spiro atoms. The molecule has 2 aromatic carbocycles. The number of hydrogen-bond donors (Lipinski definition) is 0. The van der Waals surface area contributed by atoms with Crippen LogP contribution in [0, 0.1) is 0 Å². The highest BCUT2D eigenvalue weighted by Gasteiger charge is 2.29. The minimum absolute atomic E-state index is 0.00670. The van der Waals surface area contributed by atoms with Crippen molar-refractivity contribution in [2.75, 3.05) is 26.8 Å². The highest BCUT2D eigenvalue weighted by atomic mass is 79.9. The predicted octanol–water partition coefficient (Wildman–Crippen LogP) is 6.14. The van der Waals surface area contributed by atoms with Gasteiger partial charge in [0.05, 0.1) is 6.54 Å². The second kappa shape index (κ2) is 14.3. The first-order valence-corrected chi connectivity index (χ1v) is 14.4. The largest absolute Gasteiger partial charge is 0.385 e. The Balaban J connectivity index is 1.54. The van der Waals surface area contributed by atoms with Crippen LogP contribution in [-0.4, -0.2) is 59.0 Å². The van der Waals surface area contributed by atoms with Crippen LogP contribution in [0.3, 0.4) is 0 Å². The normalized spacial score (nSPS) is 13.8. The summed E-state index contributed by atoms with van der Waals surface area (Å²) in [4.78, 5) is 31.1. The first-order valence-electron chi connectivity index (χ1n) is 13.6. The minimum Gasteiger partial charge on any atom is -0.385 e. The topological polar surface area (TPSA) is 54.8 Å². The third kappa shape index (κ3) is 7.81. The van der Waals surface area contributed by atoms with Crippen LogP contribution < -0.4 is 0 Å². The zero-order valence-electron chi connectivity index (χ0n) is 22.2. The Kier molecular flexibility index (Phi) is 10.6. The number of methoxy groups -OCH3 is 1. The Morgan fingerprint density at radius 1 is 0.974 bits per heavy atom. The first kappa shape index (κ1) is 28.1. The number of rotatable bonds is 12. The molecule has 2 amide bonds. The van der Waals surface area contributed by atoms with Crippen molar-refractivity contribution in [1.82, 2.24) is 14.4 Å². The molecule has 1 aromatic heterocycles. The van der Waals surface area contributed by atoms with Gasteiger partial charge in [0.25, 0.3) is 5.91 Å². The van der Waals surface area contributed by atoms with E-state index in [4.69, 9.17) is 4.74 Å². The van der Waals surface area contributed by atoms with Gasteiger partial charge >= 0.3 is 0 Å². The van der Waals surface area contributed by atoms with Crippen LogP contribution >= 0.6 is 15.9 Å². The van der Waals surface area contributed by atoms with E-state index in [0.717, 1.165) is 42.4 Å². The van der Waals surface area contributed by atoms with Crippen molar-refractivity contribution in [3.63, 3.8) is 0 Å². The molecule has 0 radical (unpaired) electrons. The molecule has 202 valence electrons. The standard InChI is InChI=1S/C31H38BrN3O3/c1-38-21-9-20-34(31(37)26-15-17-27(32)18-16-26)24-30(36)35(28-12-6-3-7-13-28)23-29-14-8-19-33(29)22-25-10-4-2-5-11-25/h2,4-5,8,10-11,14-19,28H,3,6-7,9,12-13,20-24H2,1H3. The molecule has 38 heavy (non-hydrogen) atoms. The molecule has 0 atom stereocenters. The third-order valence-corrected chi connectivity index (χ3v) is 7.80. The predicted molar refractivity (Wildman–Crippen MR) is 154 cm³/mol. The van der Waals surface area contributed by atoms with Gasteiger partial charge in [-0.1, -0.05) is 65.5 Å². The summed E-state index contributed by atoms with van der Waals surface area (Å²) in [5.41, 5.74) is 2.92. The summed E-state index contributed by atoms with van der Waals surface area (Å²) in [7, 11) is 1.65. The maximum absolute atomic E-state index is 14.0. The summed E-state index contributed by atoms with van der Waals surface area (Å²) < 4.78 is 8.37. The summed E-state index contributed by atoms with van der Waals surface area (Å²) >= 11 is 3.44. The maximum atomic E-state index is 14.0. The monoisotopic (exact) mass is 579 g/mol. The minimum atomic E-state index is -0.127. The molecule has 4 rings (SSSR count). The summed E-state index contributed by atoms with van der Waals surface area (Å²) in [6.45, 7) is 2.38. The first-order chi connectivity index (χ1) is 18.5. The van der Waals surface area contributed by atoms with Gasteiger partial charge in [0.1, 0.15) is 6.54 Å². The fraction of sp³-hybridized carbons (Fsp3) is 0.419. The number of ether oxygens (including phenoxy) is 1. The van der Waals surface area contributed by atoms with E-state index in [1.54, 1.807) is 24.1 Å². The van der Waals surface area contributed by atoms with E-state index in [1.165, 1.54) is 12.0 Å². The lowest BCUT2D eigenvalue weighted by Crippen LogP contribution is -2.48. The van der Waals surface area contributed by atoms with Gasteiger partial charge < -0.3 is 19.1 Å². The van der Waals surface area contributed by atoms with E-state index >= 15 is 0 Å². The molecule has 6 nitrogen and oxygen atoms in total. The molecule has 1 aliphatic rings. The molecular weight excluding hydrogens is 542 g/mol. The highest BCUT2D eigenvalue weighted by molar-refractivity contribution is 9.10.